The lowest BCUT2D eigenvalue weighted by Crippen LogP contribution is -2.49. The molecule has 2 saturated heterocycles. The minimum Gasteiger partial charge on any atom is -0.463 e. The number of carbonyl (C=O) groups excluding carboxylic acids is 2. The fourth-order valence-corrected chi connectivity index (χ4v) is 12.1. The topological polar surface area (TPSA) is 167 Å². The molecule has 0 bridgehead atoms. The molecule has 0 aliphatic carbocycles. The highest BCUT2D eigenvalue weighted by molar-refractivity contribution is 6.75. The highest BCUT2D eigenvalue weighted by Gasteiger charge is 2.50. The summed E-state index contributed by atoms with van der Waals surface area (Å²) in [6.07, 6.45) is -1.31. The molecule has 0 aromatic heterocycles. The van der Waals surface area contributed by atoms with Crippen LogP contribution in [0.15, 0.2) is 0 Å². The number of methoxy groups -OCH3 is 2. The van der Waals surface area contributed by atoms with E-state index in [0.717, 1.165) is 0 Å². The standard InChI is InChI=1S/2C27H56O7Si2.CH4/c2*1-25(2,3)24(29)31-18-22-20(16-28)23(30-10)21(33-22)15-19(34-36(13,14)27(7,8)9)17-32-35(11,12)26(4,5)6;/h2*19-23,28H,15-18H2,1-14H3;1H4/t19-,20+,21+,22-,23+;19-,20-,21+,22-,23+;/m00./s1. The van der Waals surface area contributed by atoms with E-state index in [1.165, 1.54) is 0 Å². The lowest BCUT2D eigenvalue weighted by atomic mass is 9.94. The fraction of sp³-hybridized carbons (Fsp3) is 0.964. The van der Waals surface area contributed by atoms with Crippen LogP contribution in [0.2, 0.25) is 72.5 Å². The van der Waals surface area contributed by atoms with Gasteiger partial charge in [0, 0.05) is 38.9 Å². The van der Waals surface area contributed by atoms with E-state index >= 15 is 0 Å². The maximum atomic E-state index is 12.3. The Morgan fingerprint density at radius 2 is 0.726 bits per heavy atom. The van der Waals surface area contributed by atoms with Crippen LogP contribution in [-0.2, 0) is 55.7 Å². The van der Waals surface area contributed by atoms with Gasteiger partial charge in [-0.05, 0) is 114 Å². The first kappa shape index (κ1) is 72.4. The van der Waals surface area contributed by atoms with Gasteiger partial charge in [0.1, 0.15) is 13.2 Å². The lowest BCUT2D eigenvalue weighted by Gasteiger charge is -2.42. The van der Waals surface area contributed by atoms with Gasteiger partial charge in [0.05, 0.1) is 86.1 Å². The highest BCUT2D eigenvalue weighted by atomic mass is 28.4. The van der Waals surface area contributed by atoms with Crippen LogP contribution < -0.4 is 0 Å². The predicted molar refractivity (Wildman–Crippen MR) is 307 cm³/mol. The van der Waals surface area contributed by atoms with Crippen molar-refractivity contribution < 1.29 is 65.9 Å². The van der Waals surface area contributed by atoms with E-state index in [0.29, 0.717) is 26.1 Å². The Labute approximate surface area is 452 Å². The average Bonchev–Trinajstić information content (AvgIpc) is 3.72. The molecule has 0 amide bonds. The van der Waals surface area contributed by atoms with Crippen LogP contribution in [0.5, 0.6) is 0 Å². The SMILES string of the molecule is C.CO[C@@H]1[C@@H](CO)[C@H](COC(=O)C(C)(C)C)O[C@@H]1C[C@@H](CO[Si](C)(C)C(C)(C)C)O[Si](C)(C)C(C)(C)C.CO[C@@H]1[C@H](CO)[C@H](COC(=O)C(C)(C)C)O[C@@H]1C[C@@H](CO[Si](C)(C)C(C)(C)C)O[Si](C)(C)C(C)(C)C. The van der Waals surface area contributed by atoms with Gasteiger partial charge in [0.25, 0.3) is 0 Å². The summed E-state index contributed by atoms with van der Waals surface area (Å²) in [6.45, 7) is 56.7. The molecule has 2 aliphatic heterocycles. The molecule has 18 heteroatoms. The first-order chi connectivity index (χ1) is 32.1. The van der Waals surface area contributed by atoms with Crippen LogP contribution in [0.25, 0.3) is 0 Å². The smallest absolute Gasteiger partial charge is 0.311 e. The minimum absolute atomic E-state index is 0. The summed E-state index contributed by atoms with van der Waals surface area (Å²) in [6, 6.07) is 0. The third kappa shape index (κ3) is 21.2. The third-order valence-electron chi connectivity index (χ3n) is 16.6. The number of carbonyl (C=O) groups is 2. The second-order valence-electron chi connectivity index (χ2n) is 28.8. The Hall–Kier alpha value is -0.592. The van der Waals surface area contributed by atoms with E-state index < -0.39 is 56.3 Å². The number of aliphatic hydroxyl groups excluding tert-OH is 2. The maximum absolute atomic E-state index is 12.3. The Kier molecular flexibility index (Phi) is 27.3. The van der Waals surface area contributed by atoms with Gasteiger partial charge in [0.15, 0.2) is 33.3 Å². The molecule has 0 spiro atoms. The van der Waals surface area contributed by atoms with Gasteiger partial charge < -0.3 is 56.3 Å². The quantitative estimate of drug-likeness (QED) is 0.0776. The van der Waals surface area contributed by atoms with Crippen molar-refractivity contribution in [2.24, 2.45) is 22.7 Å². The summed E-state index contributed by atoms with van der Waals surface area (Å²) in [5.41, 5.74) is -1.20. The van der Waals surface area contributed by atoms with Crippen molar-refractivity contribution in [2.45, 2.75) is 266 Å². The van der Waals surface area contributed by atoms with Crippen molar-refractivity contribution in [2.75, 3.05) is 53.9 Å². The molecule has 14 nitrogen and oxygen atoms in total. The second kappa shape index (κ2) is 27.5. The zero-order valence-corrected chi connectivity index (χ0v) is 55.2. The van der Waals surface area contributed by atoms with Crippen molar-refractivity contribution >= 4 is 45.2 Å². The first-order valence-electron chi connectivity index (χ1n) is 26.7. The monoisotopic (exact) mass is 1110 g/mol. The first-order valence-corrected chi connectivity index (χ1v) is 38.3. The van der Waals surface area contributed by atoms with Crippen LogP contribution in [0.1, 0.15) is 145 Å². The zero-order valence-electron chi connectivity index (χ0n) is 51.2. The molecule has 0 aromatic rings. The molecule has 0 unspecified atom stereocenters. The van der Waals surface area contributed by atoms with E-state index in [1.54, 1.807) is 14.2 Å². The summed E-state index contributed by atoms with van der Waals surface area (Å²) in [5, 5.41) is 20.6. The van der Waals surface area contributed by atoms with Gasteiger partial charge >= 0.3 is 11.9 Å². The van der Waals surface area contributed by atoms with Crippen LogP contribution in [0.3, 0.4) is 0 Å². The van der Waals surface area contributed by atoms with E-state index in [4.69, 9.17) is 46.1 Å². The largest absolute Gasteiger partial charge is 0.463 e. The average molecular weight is 1110 g/mol. The predicted octanol–water partition coefficient (Wildman–Crippen LogP) is 12.2. The van der Waals surface area contributed by atoms with Crippen molar-refractivity contribution in [3.8, 4) is 0 Å². The number of esters is 2. The fourth-order valence-electron chi connectivity index (χ4n) is 7.37. The van der Waals surface area contributed by atoms with Crippen LogP contribution in [-0.4, -0.2) is 158 Å². The number of hydrogen-bond donors (Lipinski definition) is 2. The van der Waals surface area contributed by atoms with Crippen LogP contribution in [0.4, 0.5) is 0 Å². The minimum atomic E-state index is -2.09. The Morgan fingerprint density at radius 1 is 0.466 bits per heavy atom. The molecule has 0 saturated carbocycles. The van der Waals surface area contributed by atoms with E-state index in [1.807, 2.05) is 41.5 Å². The molecule has 10 atom stereocenters. The molecule has 2 aliphatic rings. The summed E-state index contributed by atoms with van der Waals surface area (Å²) < 4.78 is 62.5. The zero-order chi connectivity index (χ0) is 56.7. The van der Waals surface area contributed by atoms with E-state index in [-0.39, 0.29) is 114 Å². The maximum Gasteiger partial charge on any atom is 0.311 e. The van der Waals surface area contributed by atoms with E-state index in [9.17, 15) is 19.8 Å². The molecule has 73 heavy (non-hydrogen) atoms. The third-order valence-corrected chi connectivity index (χ3v) is 34.6. The molecule has 2 fully saturated rings. The van der Waals surface area contributed by atoms with Crippen molar-refractivity contribution in [1.29, 1.82) is 0 Å². The molecular formula is C55H116O14Si4. The van der Waals surface area contributed by atoms with Gasteiger partial charge in [-0.25, -0.2) is 0 Å². The lowest BCUT2D eigenvalue weighted by molar-refractivity contribution is -0.158. The molecule has 2 rings (SSSR count). The van der Waals surface area contributed by atoms with Gasteiger partial charge in [-0.3, -0.25) is 9.59 Å². The Morgan fingerprint density at radius 3 is 0.932 bits per heavy atom. The number of aliphatic hydroxyl groups is 2. The number of hydrogen-bond acceptors (Lipinski definition) is 14. The second-order valence-corrected chi connectivity index (χ2v) is 48.0. The van der Waals surface area contributed by atoms with E-state index in [2.05, 4.69) is 135 Å². The summed E-state index contributed by atoms with van der Waals surface area (Å²) >= 11 is 0. The molecular weight excluding hydrogens is 997 g/mol. The number of ether oxygens (including phenoxy) is 6. The normalized spacial score (nSPS) is 24.8. The van der Waals surface area contributed by atoms with Crippen LogP contribution in [0, 0.1) is 22.7 Å². The van der Waals surface area contributed by atoms with Gasteiger partial charge in [0.2, 0.25) is 0 Å². The summed E-state index contributed by atoms with van der Waals surface area (Å²) in [7, 11) is -4.85. The van der Waals surface area contributed by atoms with Crippen molar-refractivity contribution in [3.63, 3.8) is 0 Å². The molecule has 0 aromatic carbocycles. The van der Waals surface area contributed by atoms with Crippen molar-refractivity contribution in [3.05, 3.63) is 0 Å². The summed E-state index contributed by atoms with van der Waals surface area (Å²) in [5.74, 6) is -1.16. The molecule has 2 N–H and O–H groups in total. The van der Waals surface area contributed by atoms with Gasteiger partial charge in [-0.15, -0.1) is 0 Å². The van der Waals surface area contributed by atoms with Gasteiger partial charge in [-0.2, -0.15) is 0 Å². The Bertz CT molecular complexity index is 1530. The Balaban J connectivity index is 0.00000140. The molecule has 2 heterocycles. The van der Waals surface area contributed by atoms with Crippen molar-refractivity contribution in [1.82, 2.24) is 0 Å². The highest BCUT2D eigenvalue weighted by Crippen LogP contribution is 2.43. The van der Waals surface area contributed by atoms with Gasteiger partial charge in [-0.1, -0.05) is 90.5 Å². The summed E-state index contributed by atoms with van der Waals surface area (Å²) in [4.78, 5) is 24.7. The molecule has 436 valence electrons. The number of rotatable bonds is 22. The molecule has 0 radical (unpaired) electrons. The van der Waals surface area contributed by atoms with Crippen LogP contribution >= 0.6 is 0 Å².